The van der Waals surface area contributed by atoms with Crippen LogP contribution in [0.25, 0.3) is 0 Å². The van der Waals surface area contributed by atoms with Gasteiger partial charge in [-0.1, -0.05) is 13.3 Å². The summed E-state index contributed by atoms with van der Waals surface area (Å²) in [7, 11) is 0. The molecule has 6 nitrogen and oxygen atoms in total. The highest BCUT2D eigenvalue weighted by molar-refractivity contribution is 14.0. The number of nitrogens with zero attached hydrogens (tertiary/aromatic N) is 3. The van der Waals surface area contributed by atoms with Crippen LogP contribution >= 0.6 is 24.0 Å². The Hall–Kier alpha value is -0.120. The monoisotopic (exact) mass is 454 g/mol. The van der Waals surface area contributed by atoms with Gasteiger partial charge in [-0.3, -0.25) is 9.89 Å². The van der Waals surface area contributed by atoms with E-state index in [0.29, 0.717) is 6.04 Å². The smallest absolute Gasteiger partial charge is 0.194 e. The maximum Gasteiger partial charge on any atom is 0.194 e. The maximum absolute atomic E-state index is 5.61. The van der Waals surface area contributed by atoms with Gasteiger partial charge >= 0.3 is 0 Å². The average Bonchev–Trinajstić information content (AvgIpc) is 3.08. The Bertz CT molecular complexity index is 351. The number of hydrogen-bond donors (Lipinski definition) is 1. The first-order chi connectivity index (χ1) is 11.3. The van der Waals surface area contributed by atoms with Crippen LogP contribution in [0.2, 0.25) is 0 Å². The normalized spacial score (nSPS) is 22.5. The minimum absolute atomic E-state index is 0. The minimum atomic E-state index is 0. The van der Waals surface area contributed by atoms with Crippen LogP contribution in [0.5, 0.6) is 0 Å². The van der Waals surface area contributed by atoms with Crippen LogP contribution < -0.4 is 5.32 Å². The van der Waals surface area contributed by atoms with Crippen molar-refractivity contribution in [2.75, 3.05) is 65.7 Å². The molecule has 7 heteroatoms. The Labute approximate surface area is 164 Å². The molecule has 0 aromatic carbocycles. The standard InChI is InChI=1S/C17H34N4O2.HI/c1-3-5-11-22-12-7-19-17(18-4-2)21-8-6-16(15-21)20-9-13-23-14-10-20;/h16H,3-15H2,1-2H3,(H,18,19);1H. The molecule has 24 heavy (non-hydrogen) atoms. The third-order valence-electron chi connectivity index (χ3n) is 4.50. The lowest BCUT2D eigenvalue weighted by molar-refractivity contribution is 0.0195. The molecular formula is C17H35IN4O2. The van der Waals surface area contributed by atoms with Crippen molar-refractivity contribution < 1.29 is 9.47 Å². The number of ether oxygens (including phenoxy) is 2. The molecule has 0 bridgehead atoms. The van der Waals surface area contributed by atoms with Gasteiger partial charge in [0.2, 0.25) is 0 Å². The van der Waals surface area contributed by atoms with E-state index in [9.17, 15) is 0 Å². The zero-order valence-electron chi connectivity index (χ0n) is 15.3. The van der Waals surface area contributed by atoms with Crippen molar-refractivity contribution in [3.63, 3.8) is 0 Å². The summed E-state index contributed by atoms with van der Waals surface area (Å²) in [6.45, 7) is 13.6. The van der Waals surface area contributed by atoms with Crippen molar-refractivity contribution in [1.82, 2.24) is 15.1 Å². The molecule has 1 N–H and O–H groups in total. The SMILES string of the molecule is CCCCOCCN=C(NCC)N1CCC(N2CCOCC2)C1.I. The van der Waals surface area contributed by atoms with E-state index in [2.05, 4.69) is 29.0 Å². The van der Waals surface area contributed by atoms with E-state index >= 15 is 0 Å². The second-order valence-electron chi connectivity index (χ2n) is 6.24. The number of likely N-dealkylation sites (tertiary alicyclic amines) is 1. The summed E-state index contributed by atoms with van der Waals surface area (Å²) in [6.07, 6.45) is 3.54. The second kappa shape index (κ2) is 13.1. The van der Waals surface area contributed by atoms with Gasteiger partial charge in [-0.2, -0.15) is 0 Å². The highest BCUT2D eigenvalue weighted by Gasteiger charge is 2.30. The van der Waals surface area contributed by atoms with Crippen LogP contribution in [0, 0.1) is 0 Å². The van der Waals surface area contributed by atoms with Gasteiger partial charge in [-0.15, -0.1) is 24.0 Å². The fraction of sp³-hybridized carbons (Fsp3) is 0.941. The van der Waals surface area contributed by atoms with Crippen LogP contribution in [0.1, 0.15) is 33.1 Å². The van der Waals surface area contributed by atoms with Crippen molar-refractivity contribution in [3.05, 3.63) is 0 Å². The third-order valence-corrected chi connectivity index (χ3v) is 4.50. The molecule has 2 aliphatic rings. The first-order valence-electron chi connectivity index (χ1n) is 9.28. The van der Waals surface area contributed by atoms with E-state index in [-0.39, 0.29) is 24.0 Å². The van der Waals surface area contributed by atoms with E-state index in [0.717, 1.165) is 78.1 Å². The van der Waals surface area contributed by atoms with E-state index in [1.807, 2.05) is 0 Å². The zero-order chi connectivity index (χ0) is 16.3. The van der Waals surface area contributed by atoms with Crippen molar-refractivity contribution in [3.8, 4) is 0 Å². The molecule has 0 amide bonds. The number of hydrogen-bond acceptors (Lipinski definition) is 4. The highest BCUT2D eigenvalue weighted by atomic mass is 127. The first kappa shape index (κ1) is 21.9. The molecule has 2 heterocycles. The fourth-order valence-electron chi connectivity index (χ4n) is 3.17. The summed E-state index contributed by atoms with van der Waals surface area (Å²) >= 11 is 0. The van der Waals surface area contributed by atoms with Gasteiger partial charge in [0, 0.05) is 45.4 Å². The predicted molar refractivity (Wildman–Crippen MR) is 109 cm³/mol. The lowest BCUT2D eigenvalue weighted by atomic mass is 10.2. The fourth-order valence-corrected chi connectivity index (χ4v) is 3.17. The van der Waals surface area contributed by atoms with Crippen LogP contribution in [-0.4, -0.2) is 87.5 Å². The number of aliphatic imine (C=N–C) groups is 1. The second-order valence-corrected chi connectivity index (χ2v) is 6.24. The van der Waals surface area contributed by atoms with Crippen molar-refractivity contribution in [2.45, 2.75) is 39.2 Å². The molecule has 2 aliphatic heterocycles. The molecule has 0 spiro atoms. The van der Waals surface area contributed by atoms with Crippen molar-refractivity contribution in [1.29, 1.82) is 0 Å². The van der Waals surface area contributed by atoms with E-state index < -0.39 is 0 Å². The summed E-state index contributed by atoms with van der Waals surface area (Å²) < 4.78 is 11.1. The number of rotatable bonds is 8. The van der Waals surface area contributed by atoms with Gasteiger partial charge in [0.05, 0.1) is 26.4 Å². The predicted octanol–water partition coefficient (Wildman–Crippen LogP) is 1.79. The maximum atomic E-state index is 5.61. The zero-order valence-corrected chi connectivity index (χ0v) is 17.7. The summed E-state index contributed by atoms with van der Waals surface area (Å²) in [4.78, 5) is 9.70. The van der Waals surface area contributed by atoms with Gasteiger partial charge in [-0.25, -0.2) is 0 Å². The average molecular weight is 454 g/mol. The number of halogens is 1. The summed E-state index contributed by atoms with van der Waals surface area (Å²) in [5.74, 6) is 1.04. The number of unbranched alkanes of at least 4 members (excludes halogenated alkanes) is 1. The molecule has 0 saturated carbocycles. The number of nitrogens with one attached hydrogen (secondary N) is 1. The first-order valence-corrected chi connectivity index (χ1v) is 9.28. The Morgan fingerprint density at radius 2 is 2.00 bits per heavy atom. The Morgan fingerprint density at radius 3 is 2.71 bits per heavy atom. The van der Waals surface area contributed by atoms with E-state index in [1.54, 1.807) is 0 Å². The molecule has 2 saturated heterocycles. The summed E-state index contributed by atoms with van der Waals surface area (Å²) in [5, 5.41) is 3.43. The molecule has 142 valence electrons. The van der Waals surface area contributed by atoms with Crippen LogP contribution in [-0.2, 0) is 9.47 Å². The van der Waals surface area contributed by atoms with Gasteiger partial charge < -0.3 is 19.7 Å². The molecule has 0 radical (unpaired) electrons. The van der Waals surface area contributed by atoms with E-state index in [4.69, 9.17) is 14.5 Å². The number of guanidine groups is 1. The Kier molecular flexibility index (Phi) is 12.0. The Balaban J connectivity index is 0.00000288. The Morgan fingerprint density at radius 1 is 1.21 bits per heavy atom. The molecule has 0 aromatic heterocycles. The van der Waals surface area contributed by atoms with Crippen LogP contribution in [0.3, 0.4) is 0 Å². The molecule has 2 fully saturated rings. The van der Waals surface area contributed by atoms with Gasteiger partial charge in [0.1, 0.15) is 0 Å². The van der Waals surface area contributed by atoms with Gasteiger partial charge in [0.15, 0.2) is 5.96 Å². The summed E-state index contributed by atoms with van der Waals surface area (Å²) in [5.41, 5.74) is 0. The molecule has 1 atom stereocenters. The van der Waals surface area contributed by atoms with Crippen LogP contribution in [0.4, 0.5) is 0 Å². The molecule has 2 rings (SSSR count). The van der Waals surface area contributed by atoms with Gasteiger partial charge in [0.25, 0.3) is 0 Å². The molecular weight excluding hydrogens is 419 g/mol. The van der Waals surface area contributed by atoms with Gasteiger partial charge in [-0.05, 0) is 19.8 Å². The highest BCUT2D eigenvalue weighted by Crippen LogP contribution is 2.17. The molecule has 1 unspecified atom stereocenters. The number of morpholine rings is 1. The minimum Gasteiger partial charge on any atom is -0.380 e. The summed E-state index contributed by atoms with van der Waals surface area (Å²) in [6, 6.07) is 0.642. The quantitative estimate of drug-likeness (QED) is 0.262. The lowest BCUT2D eigenvalue weighted by Gasteiger charge is -2.32. The molecule has 0 aliphatic carbocycles. The van der Waals surface area contributed by atoms with Crippen molar-refractivity contribution in [2.24, 2.45) is 4.99 Å². The molecule has 0 aromatic rings. The lowest BCUT2D eigenvalue weighted by Crippen LogP contribution is -2.46. The van der Waals surface area contributed by atoms with Crippen LogP contribution in [0.15, 0.2) is 4.99 Å². The van der Waals surface area contributed by atoms with Crippen molar-refractivity contribution >= 4 is 29.9 Å². The third kappa shape index (κ3) is 7.41. The van der Waals surface area contributed by atoms with E-state index in [1.165, 1.54) is 12.8 Å². The topological polar surface area (TPSA) is 49.3 Å². The largest absolute Gasteiger partial charge is 0.380 e.